The van der Waals surface area contributed by atoms with Crippen LogP contribution in [0.5, 0.6) is 5.75 Å². The number of esters is 1. The van der Waals surface area contributed by atoms with Crippen LogP contribution >= 0.6 is 0 Å². The van der Waals surface area contributed by atoms with Crippen LogP contribution in [-0.2, 0) is 14.8 Å². The molecule has 0 bridgehead atoms. The lowest BCUT2D eigenvalue weighted by atomic mass is 10.2. The monoisotopic (exact) mass is 489 g/mol. The van der Waals surface area contributed by atoms with E-state index in [0.717, 1.165) is 16.6 Å². The van der Waals surface area contributed by atoms with Gasteiger partial charge in [0.15, 0.2) is 0 Å². The Morgan fingerprint density at radius 3 is 2.47 bits per heavy atom. The van der Waals surface area contributed by atoms with E-state index in [2.05, 4.69) is 0 Å². The maximum Gasteiger partial charge on any atom is 0.340 e. The fourth-order valence-corrected chi connectivity index (χ4v) is 4.57. The summed E-state index contributed by atoms with van der Waals surface area (Å²) in [4.78, 5) is 35.6. The summed E-state index contributed by atoms with van der Waals surface area (Å²) < 4.78 is 37.2. The first-order chi connectivity index (χ1) is 16.1. The van der Waals surface area contributed by atoms with Crippen LogP contribution in [0.4, 0.5) is 11.4 Å². The van der Waals surface area contributed by atoms with E-state index in [1.54, 1.807) is 24.3 Å². The number of benzene rings is 2. The molecule has 0 amide bonds. The Bertz CT molecular complexity index is 1360. The second-order valence-electron chi connectivity index (χ2n) is 7.37. The second kappa shape index (κ2) is 9.91. The Morgan fingerprint density at radius 1 is 1.15 bits per heavy atom. The molecule has 0 unspecified atom stereocenters. The standard InChI is InChI=1S/C22H23N3O8S/c1-32-20-11-10-15(25(28)29)13-19(20)24(34(3,30)31)12-6-9-21(26)23-14-17(22(27)33-2)16-7-4-5-8-18(16)23/h4-5,7-8,10-11,13-14H,6,9,12H2,1-3H3. The molecule has 0 aliphatic heterocycles. The molecule has 0 saturated heterocycles. The normalized spacial score (nSPS) is 11.3. The third-order valence-electron chi connectivity index (χ3n) is 5.18. The molecule has 1 heterocycles. The van der Waals surface area contributed by atoms with Crippen LogP contribution in [0.25, 0.3) is 10.9 Å². The van der Waals surface area contributed by atoms with E-state index in [9.17, 15) is 28.1 Å². The fourth-order valence-electron chi connectivity index (χ4n) is 3.60. The number of fused-ring (bicyclic) bond motifs is 1. The number of nitro groups is 1. The average molecular weight is 490 g/mol. The molecule has 0 spiro atoms. The van der Waals surface area contributed by atoms with Crippen molar-refractivity contribution in [2.75, 3.05) is 31.3 Å². The van der Waals surface area contributed by atoms with Crippen LogP contribution in [0.15, 0.2) is 48.7 Å². The van der Waals surface area contributed by atoms with Gasteiger partial charge in [-0.05, 0) is 18.6 Å². The Hall–Kier alpha value is -3.93. The maximum absolute atomic E-state index is 12.9. The topological polar surface area (TPSA) is 138 Å². The highest BCUT2D eigenvalue weighted by atomic mass is 32.2. The van der Waals surface area contributed by atoms with Crippen molar-refractivity contribution in [3.8, 4) is 5.75 Å². The van der Waals surface area contributed by atoms with Gasteiger partial charge >= 0.3 is 5.97 Å². The minimum atomic E-state index is -3.85. The summed E-state index contributed by atoms with van der Waals surface area (Å²) in [6, 6.07) is 10.5. The quantitative estimate of drug-likeness (QED) is 0.254. The highest BCUT2D eigenvalue weighted by molar-refractivity contribution is 7.92. The fraction of sp³-hybridized carbons (Fsp3) is 0.273. The Kier molecular flexibility index (Phi) is 7.20. The molecule has 2 aromatic carbocycles. The lowest BCUT2D eigenvalue weighted by molar-refractivity contribution is -0.384. The van der Waals surface area contributed by atoms with E-state index in [-0.39, 0.29) is 48.0 Å². The molecular formula is C22H23N3O8S. The smallest absolute Gasteiger partial charge is 0.340 e. The first kappa shape index (κ1) is 24.7. The summed E-state index contributed by atoms with van der Waals surface area (Å²) in [7, 11) is -1.28. The zero-order valence-corrected chi connectivity index (χ0v) is 19.6. The van der Waals surface area contributed by atoms with Gasteiger partial charge in [0.25, 0.3) is 5.69 Å². The van der Waals surface area contributed by atoms with Gasteiger partial charge in [0.1, 0.15) is 11.4 Å². The minimum Gasteiger partial charge on any atom is -0.495 e. The van der Waals surface area contributed by atoms with Crippen LogP contribution in [0, 0.1) is 10.1 Å². The van der Waals surface area contributed by atoms with Crippen LogP contribution < -0.4 is 9.04 Å². The van der Waals surface area contributed by atoms with Crippen molar-refractivity contribution in [2.24, 2.45) is 0 Å². The molecule has 0 saturated carbocycles. The van der Waals surface area contributed by atoms with E-state index in [1.165, 1.54) is 37.1 Å². The lowest BCUT2D eigenvalue weighted by Crippen LogP contribution is -2.31. The predicted octanol–water partition coefficient (Wildman–Crippen LogP) is 3.23. The summed E-state index contributed by atoms with van der Waals surface area (Å²) in [5, 5.41) is 11.7. The number of non-ortho nitro benzene ring substituents is 1. The van der Waals surface area contributed by atoms with Gasteiger partial charge in [-0.15, -0.1) is 0 Å². The Balaban J connectivity index is 1.86. The molecule has 0 radical (unpaired) electrons. The first-order valence-electron chi connectivity index (χ1n) is 10.1. The van der Waals surface area contributed by atoms with Gasteiger partial charge in [-0.1, -0.05) is 18.2 Å². The summed E-state index contributed by atoms with van der Waals surface area (Å²) in [6.07, 6.45) is 2.42. The molecule has 1 aromatic heterocycles. The molecule has 34 heavy (non-hydrogen) atoms. The van der Waals surface area contributed by atoms with E-state index >= 15 is 0 Å². The Labute approximate surface area is 195 Å². The number of para-hydroxylation sites is 1. The number of carbonyl (C=O) groups is 2. The molecule has 11 nitrogen and oxygen atoms in total. The number of methoxy groups -OCH3 is 2. The SMILES string of the molecule is COC(=O)c1cn(C(=O)CCCN(c2cc([N+](=O)[O-])ccc2OC)S(C)(=O)=O)c2ccccc12. The lowest BCUT2D eigenvalue weighted by Gasteiger charge is -2.24. The number of aromatic nitrogens is 1. The molecule has 0 fully saturated rings. The van der Waals surface area contributed by atoms with Crippen LogP contribution in [0.3, 0.4) is 0 Å². The molecule has 0 N–H and O–H groups in total. The molecule has 0 aliphatic rings. The van der Waals surface area contributed by atoms with Crippen LogP contribution in [0.1, 0.15) is 28.0 Å². The molecule has 3 rings (SSSR count). The zero-order valence-electron chi connectivity index (χ0n) is 18.8. The number of hydrogen-bond donors (Lipinski definition) is 0. The number of nitrogens with zero attached hydrogens (tertiary/aromatic N) is 3. The molecule has 180 valence electrons. The molecular weight excluding hydrogens is 466 g/mol. The molecule has 0 atom stereocenters. The third-order valence-corrected chi connectivity index (χ3v) is 6.36. The van der Waals surface area contributed by atoms with Crippen molar-refractivity contribution < 1.29 is 32.4 Å². The first-order valence-corrected chi connectivity index (χ1v) is 11.9. The molecule has 12 heteroatoms. The maximum atomic E-state index is 12.9. The van der Waals surface area contributed by atoms with Crippen molar-refractivity contribution in [1.82, 2.24) is 4.57 Å². The van der Waals surface area contributed by atoms with E-state index in [0.29, 0.717) is 10.9 Å². The zero-order chi connectivity index (χ0) is 25.0. The van der Waals surface area contributed by atoms with E-state index < -0.39 is 20.9 Å². The number of nitro benzene ring substituents is 1. The number of sulfonamides is 1. The van der Waals surface area contributed by atoms with Crippen molar-refractivity contribution in [2.45, 2.75) is 12.8 Å². The van der Waals surface area contributed by atoms with Gasteiger partial charge < -0.3 is 9.47 Å². The summed E-state index contributed by atoms with van der Waals surface area (Å²) in [6.45, 7) is -0.120. The minimum absolute atomic E-state index is 0.00559. The van der Waals surface area contributed by atoms with Crippen LogP contribution in [-0.4, -0.2) is 56.8 Å². The van der Waals surface area contributed by atoms with Gasteiger partial charge in [-0.25, -0.2) is 13.2 Å². The third kappa shape index (κ3) is 5.01. The van der Waals surface area contributed by atoms with Gasteiger partial charge in [0, 0.05) is 36.7 Å². The number of ether oxygens (including phenoxy) is 2. The number of carbonyl (C=O) groups excluding carboxylic acids is 2. The number of hydrogen-bond acceptors (Lipinski definition) is 8. The van der Waals surface area contributed by atoms with Crippen molar-refractivity contribution in [1.29, 1.82) is 0 Å². The van der Waals surface area contributed by atoms with Crippen molar-refractivity contribution in [3.05, 3.63) is 64.3 Å². The van der Waals surface area contributed by atoms with Gasteiger partial charge in [-0.3, -0.25) is 23.8 Å². The highest BCUT2D eigenvalue weighted by Gasteiger charge is 2.24. The Morgan fingerprint density at radius 2 is 1.85 bits per heavy atom. The van der Waals surface area contributed by atoms with Crippen molar-refractivity contribution in [3.63, 3.8) is 0 Å². The summed E-state index contributed by atoms with van der Waals surface area (Å²) in [5.41, 5.74) is 0.472. The van der Waals surface area contributed by atoms with E-state index in [1.807, 2.05) is 0 Å². The molecule has 0 aliphatic carbocycles. The van der Waals surface area contributed by atoms with Gasteiger partial charge in [0.2, 0.25) is 15.9 Å². The van der Waals surface area contributed by atoms with Crippen LogP contribution in [0.2, 0.25) is 0 Å². The highest BCUT2D eigenvalue weighted by Crippen LogP contribution is 2.34. The average Bonchev–Trinajstić information content (AvgIpc) is 3.20. The summed E-state index contributed by atoms with van der Waals surface area (Å²) in [5.74, 6) is -0.795. The largest absolute Gasteiger partial charge is 0.495 e. The van der Waals surface area contributed by atoms with Gasteiger partial charge in [0.05, 0.1) is 36.5 Å². The second-order valence-corrected chi connectivity index (χ2v) is 9.27. The number of rotatable bonds is 9. The summed E-state index contributed by atoms with van der Waals surface area (Å²) >= 11 is 0. The number of anilines is 1. The van der Waals surface area contributed by atoms with Crippen molar-refractivity contribution >= 4 is 44.2 Å². The molecule has 3 aromatic rings. The predicted molar refractivity (Wildman–Crippen MR) is 125 cm³/mol. The van der Waals surface area contributed by atoms with Gasteiger partial charge in [-0.2, -0.15) is 0 Å². The van der Waals surface area contributed by atoms with E-state index in [4.69, 9.17) is 9.47 Å².